The monoisotopic (exact) mass is 645 g/mol. The fraction of sp³-hybridized carbons (Fsp3) is 0.278. The van der Waals surface area contributed by atoms with Crippen LogP contribution in [-0.4, -0.2) is 44.3 Å². The number of rotatable bonds is 14. The van der Waals surface area contributed by atoms with Gasteiger partial charge in [0, 0.05) is 24.5 Å². The van der Waals surface area contributed by atoms with Crippen molar-refractivity contribution in [1.82, 2.24) is 10.2 Å². The van der Waals surface area contributed by atoms with Gasteiger partial charge in [0.2, 0.25) is 11.8 Å². The van der Waals surface area contributed by atoms with Gasteiger partial charge in [-0.25, -0.2) is 8.42 Å². The second-order valence-corrected chi connectivity index (χ2v) is 13.6. The molecule has 0 radical (unpaired) electrons. The minimum atomic E-state index is -4.16. The molecule has 9 heteroatoms. The van der Waals surface area contributed by atoms with E-state index in [0.29, 0.717) is 23.7 Å². The molecular formula is C36H40ClN3O4S. The van der Waals surface area contributed by atoms with Crippen molar-refractivity contribution in [1.29, 1.82) is 0 Å². The normalized spacial score (nSPS) is 12.0. The SMILES string of the molecule is CCc1ccccc1N(CC(=O)N(Cc1cccc(Cl)c1)[C@@H](Cc1ccccc1)C(=O)NCC(C)C)S(=O)(=O)c1ccccc1. The number of amides is 2. The van der Waals surface area contributed by atoms with Gasteiger partial charge in [0.15, 0.2) is 0 Å². The highest BCUT2D eigenvalue weighted by molar-refractivity contribution is 7.92. The van der Waals surface area contributed by atoms with E-state index in [1.165, 1.54) is 21.3 Å². The number of hydrogen-bond acceptors (Lipinski definition) is 4. The number of carbonyl (C=O) groups excluding carboxylic acids is 2. The molecule has 0 heterocycles. The Hall–Kier alpha value is -4.14. The first-order valence-electron chi connectivity index (χ1n) is 15.1. The summed E-state index contributed by atoms with van der Waals surface area (Å²) in [4.78, 5) is 30.0. The lowest BCUT2D eigenvalue weighted by Gasteiger charge is -2.34. The number of benzene rings is 4. The van der Waals surface area contributed by atoms with Gasteiger partial charge in [-0.05, 0) is 59.4 Å². The zero-order valence-electron chi connectivity index (χ0n) is 25.9. The summed E-state index contributed by atoms with van der Waals surface area (Å²) >= 11 is 6.32. The van der Waals surface area contributed by atoms with Gasteiger partial charge in [-0.2, -0.15) is 0 Å². The zero-order chi connectivity index (χ0) is 32.4. The zero-order valence-corrected chi connectivity index (χ0v) is 27.5. The van der Waals surface area contributed by atoms with Crippen LogP contribution in [0.15, 0.2) is 114 Å². The first-order chi connectivity index (χ1) is 21.6. The third-order valence-corrected chi connectivity index (χ3v) is 9.46. The smallest absolute Gasteiger partial charge is 0.264 e. The molecule has 45 heavy (non-hydrogen) atoms. The molecule has 4 aromatic rings. The number of para-hydroxylation sites is 1. The van der Waals surface area contributed by atoms with E-state index in [2.05, 4.69) is 5.32 Å². The second kappa shape index (κ2) is 15.7. The van der Waals surface area contributed by atoms with Crippen LogP contribution in [0.5, 0.6) is 0 Å². The van der Waals surface area contributed by atoms with Crippen LogP contribution in [0, 0.1) is 5.92 Å². The van der Waals surface area contributed by atoms with Crippen molar-refractivity contribution in [2.75, 3.05) is 17.4 Å². The second-order valence-electron chi connectivity index (χ2n) is 11.3. The first kappa shape index (κ1) is 33.7. The van der Waals surface area contributed by atoms with Crippen LogP contribution in [0.1, 0.15) is 37.5 Å². The van der Waals surface area contributed by atoms with Crippen LogP contribution in [0.4, 0.5) is 5.69 Å². The van der Waals surface area contributed by atoms with E-state index in [4.69, 9.17) is 11.6 Å². The van der Waals surface area contributed by atoms with Crippen molar-refractivity contribution in [2.45, 2.75) is 51.1 Å². The standard InChI is InChI=1S/C36H40ClN3O4S/c1-4-30-17-11-12-21-33(30)40(45(43,44)32-19-9-6-10-20-32)26-35(41)39(25-29-16-13-18-31(37)22-29)34(36(42)38-24-27(2)3)23-28-14-7-5-8-15-28/h5-22,27,34H,4,23-26H2,1-3H3,(H,38,42)/t34-/m0/s1. The summed E-state index contributed by atoms with van der Waals surface area (Å²) in [5.41, 5.74) is 2.79. The van der Waals surface area contributed by atoms with Crippen molar-refractivity contribution in [3.63, 3.8) is 0 Å². The van der Waals surface area contributed by atoms with E-state index in [1.807, 2.05) is 69.3 Å². The minimum Gasteiger partial charge on any atom is -0.354 e. The lowest BCUT2D eigenvalue weighted by molar-refractivity contribution is -0.140. The third-order valence-electron chi connectivity index (χ3n) is 7.45. The van der Waals surface area contributed by atoms with Gasteiger partial charge < -0.3 is 10.2 Å². The molecule has 0 fully saturated rings. The predicted molar refractivity (Wildman–Crippen MR) is 181 cm³/mol. The van der Waals surface area contributed by atoms with E-state index in [-0.39, 0.29) is 29.7 Å². The van der Waals surface area contributed by atoms with Gasteiger partial charge in [0.25, 0.3) is 10.0 Å². The molecule has 0 aliphatic heterocycles. The summed E-state index contributed by atoms with van der Waals surface area (Å²) < 4.78 is 29.6. The number of aryl methyl sites for hydroxylation is 1. The molecule has 0 unspecified atom stereocenters. The highest BCUT2D eigenvalue weighted by Gasteiger charge is 2.35. The van der Waals surface area contributed by atoms with Crippen molar-refractivity contribution in [3.05, 3.63) is 131 Å². The average Bonchev–Trinajstić information content (AvgIpc) is 3.04. The molecule has 0 spiro atoms. The number of nitrogens with one attached hydrogen (secondary N) is 1. The summed E-state index contributed by atoms with van der Waals surface area (Å²) in [6, 6.07) is 30.9. The lowest BCUT2D eigenvalue weighted by Crippen LogP contribution is -2.53. The first-order valence-corrected chi connectivity index (χ1v) is 16.9. The summed E-state index contributed by atoms with van der Waals surface area (Å²) in [7, 11) is -4.16. The molecular weight excluding hydrogens is 606 g/mol. The predicted octanol–water partition coefficient (Wildman–Crippen LogP) is 6.51. The Bertz CT molecular complexity index is 1680. The van der Waals surface area contributed by atoms with Gasteiger partial charge in [0.1, 0.15) is 12.6 Å². The van der Waals surface area contributed by atoms with Crippen LogP contribution < -0.4 is 9.62 Å². The molecule has 4 aromatic carbocycles. The summed E-state index contributed by atoms with van der Waals surface area (Å²) in [6.45, 7) is 5.92. The number of carbonyl (C=O) groups is 2. The summed E-state index contributed by atoms with van der Waals surface area (Å²) in [6.07, 6.45) is 0.805. The van der Waals surface area contributed by atoms with Gasteiger partial charge >= 0.3 is 0 Å². The Kier molecular flexibility index (Phi) is 11.8. The Morgan fingerprint density at radius 3 is 2.09 bits per heavy atom. The fourth-order valence-corrected chi connectivity index (χ4v) is 6.78. The molecule has 1 atom stereocenters. The number of hydrogen-bond donors (Lipinski definition) is 1. The van der Waals surface area contributed by atoms with Crippen molar-refractivity contribution in [3.8, 4) is 0 Å². The largest absolute Gasteiger partial charge is 0.354 e. The fourth-order valence-electron chi connectivity index (χ4n) is 5.09. The maximum atomic E-state index is 14.6. The molecule has 0 aliphatic rings. The van der Waals surface area contributed by atoms with Crippen LogP contribution >= 0.6 is 11.6 Å². The Labute approximate surface area is 271 Å². The van der Waals surface area contributed by atoms with Crippen molar-refractivity contribution in [2.24, 2.45) is 5.92 Å². The Morgan fingerprint density at radius 1 is 0.822 bits per heavy atom. The van der Waals surface area contributed by atoms with Gasteiger partial charge in [-0.3, -0.25) is 13.9 Å². The van der Waals surface area contributed by atoms with E-state index < -0.39 is 28.5 Å². The van der Waals surface area contributed by atoms with Crippen LogP contribution in [0.3, 0.4) is 0 Å². The molecule has 1 N–H and O–H groups in total. The summed E-state index contributed by atoms with van der Waals surface area (Å²) in [5.74, 6) is -0.629. The van der Waals surface area contributed by atoms with Crippen LogP contribution in [0.2, 0.25) is 5.02 Å². The van der Waals surface area contributed by atoms with E-state index in [9.17, 15) is 18.0 Å². The molecule has 0 aromatic heterocycles. The van der Waals surface area contributed by atoms with Gasteiger partial charge in [-0.15, -0.1) is 0 Å². The molecule has 0 bridgehead atoms. The molecule has 236 valence electrons. The Balaban J connectivity index is 1.82. The Morgan fingerprint density at radius 2 is 1.44 bits per heavy atom. The number of anilines is 1. The molecule has 2 amide bonds. The van der Waals surface area contributed by atoms with Crippen LogP contribution in [-0.2, 0) is 39.0 Å². The highest BCUT2D eigenvalue weighted by Crippen LogP contribution is 2.28. The minimum absolute atomic E-state index is 0.0562. The van der Waals surface area contributed by atoms with E-state index >= 15 is 0 Å². The van der Waals surface area contributed by atoms with E-state index in [0.717, 1.165) is 16.7 Å². The maximum Gasteiger partial charge on any atom is 0.264 e. The van der Waals surface area contributed by atoms with E-state index in [1.54, 1.807) is 48.5 Å². The molecule has 0 saturated carbocycles. The average molecular weight is 646 g/mol. The summed E-state index contributed by atoms with van der Waals surface area (Å²) in [5, 5.41) is 3.50. The molecule has 0 aliphatic carbocycles. The van der Waals surface area contributed by atoms with Gasteiger partial charge in [0.05, 0.1) is 10.6 Å². The molecule has 7 nitrogen and oxygen atoms in total. The van der Waals surface area contributed by atoms with Crippen molar-refractivity contribution < 1.29 is 18.0 Å². The number of nitrogens with zero attached hydrogens (tertiary/aromatic N) is 2. The van der Waals surface area contributed by atoms with Crippen LogP contribution in [0.25, 0.3) is 0 Å². The van der Waals surface area contributed by atoms with Gasteiger partial charge in [-0.1, -0.05) is 111 Å². The molecule has 4 rings (SSSR count). The lowest BCUT2D eigenvalue weighted by atomic mass is 10.0. The topological polar surface area (TPSA) is 86.8 Å². The maximum absolute atomic E-state index is 14.6. The van der Waals surface area contributed by atoms with Crippen molar-refractivity contribution >= 4 is 39.1 Å². The third kappa shape index (κ3) is 8.96. The number of sulfonamides is 1. The highest BCUT2D eigenvalue weighted by atomic mass is 35.5. The quantitative estimate of drug-likeness (QED) is 0.169. The molecule has 0 saturated heterocycles. The number of halogens is 1.